The Labute approximate surface area is 119 Å². The molecule has 0 saturated heterocycles. The molecule has 0 radical (unpaired) electrons. The lowest BCUT2D eigenvalue weighted by atomic mass is 10.2. The highest BCUT2D eigenvalue weighted by molar-refractivity contribution is 7.71. The van der Waals surface area contributed by atoms with Crippen molar-refractivity contribution < 1.29 is 0 Å². The number of nitrogens with zero attached hydrogens (tertiary/aromatic N) is 3. The van der Waals surface area contributed by atoms with Crippen LogP contribution in [0, 0.1) is 11.7 Å². The van der Waals surface area contributed by atoms with Gasteiger partial charge in [-0.3, -0.25) is 10.2 Å². The van der Waals surface area contributed by atoms with Gasteiger partial charge in [-0.15, -0.1) is 0 Å². The van der Waals surface area contributed by atoms with Crippen LogP contribution in [0.1, 0.15) is 5.69 Å². The molecular weight excluding hydrogens is 282 g/mol. The van der Waals surface area contributed by atoms with Gasteiger partial charge in [-0.05, 0) is 43.4 Å². The van der Waals surface area contributed by atoms with Crippen molar-refractivity contribution in [2.24, 2.45) is 0 Å². The van der Waals surface area contributed by atoms with Crippen molar-refractivity contribution >= 4 is 23.8 Å². The molecule has 0 aliphatic carbocycles. The molecule has 96 valence electrons. The maximum absolute atomic E-state index is 5.88. The van der Waals surface area contributed by atoms with Gasteiger partial charge in [-0.2, -0.15) is 10.1 Å². The number of H-pyrrole nitrogens is 2. The topological polar surface area (TPSA) is 62.3 Å². The lowest BCUT2D eigenvalue weighted by Gasteiger charge is -2.04. The summed E-state index contributed by atoms with van der Waals surface area (Å²) in [6.45, 7) is 1.97. The van der Waals surface area contributed by atoms with Gasteiger partial charge in [-0.25, -0.2) is 4.68 Å². The molecule has 3 aromatic rings. The number of nitrogens with one attached hydrogen (secondary N) is 2. The van der Waals surface area contributed by atoms with E-state index in [1.165, 1.54) is 0 Å². The molecule has 0 atom stereocenters. The number of hydrogen-bond donors (Lipinski definition) is 2. The van der Waals surface area contributed by atoms with E-state index in [2.05, 4.69) is 20.3 Å². The predicted octanol–water partition coefficient (Wildman–Crippen LogP) is 3.28. The molecule has 0 fully saturated rings. The number of aromatic nitrogens is 5. The zero-order valence-corrected chi connectivity index (χ0v) is 11.6. The first-order valence-electron chi connectivity index (χ1n) is 5.61. The molecule has 7 heteroatoms. The second-order valence-corrected chi connectivity index (χ2v) is 4.87. The first kappa shape index (κ1) is 12.1. The van der Waals surface area contributed by atoms with E-state index in [1.807, 2.05) is 35.9 Å². The summed E-state index contributed by atoms with van der Waals surface area (Å²) in [7, 11) is 0. The van der Waals surface area contributed by atoms with Crippen molar-refractivity contribution in [1.82, 2.24) is 25.0 Å². The molecule has 5 nitrogen and oxygen atoms in total. The minimum Gasteiger partial charge on any atom is -0.282 e. The van der Waals surface area contributed by atoms with E-state index in [0.717, 1.165) is 16.9 Å². The van der Waals surface area contributed by atoms with Gasteiger partial charge in [0.15, 0.2) is 5.82 Å². The Balaban J connectivity index is 2.08. The minimum atomic E-state index is 0.425. The summed E-state index contributed by atoms with van der Waals surface area (Å²) in [4.78, 5) is 4.19. The van der Waals surface area contributed by atoms with Gasteiger partial charge in [-0.1, -0.05) is 11.6 Å². The van der Waals surface area contributed by atoms with E-state index in [0.29, 0.717) is 15.6 Å². The zero-order valence-electron chi connectivity index (χ0n) is 10.0. The van der Waals surface area contributed by atoms with Gasteiger partial charge in [0.1, 0.15) is 0 Å². The van der Waals surface area contributed by atoms with Crippen LogP contribution < -0.4 is 0 Å². The predicted molar refractivity (Wildman–Crippen MR) is 76.1 cm³/mol. The van der Waals surface area contributed by atoms with Gasteiger partial charge in [0, 0.05) is 5.02 Å². The molecule has 3 rings (SSSR count). The largest absolute Gasteiger partial charge is 0.282 e. The molecular formula is C12H10ClN5S. The number of hydrogen-bond acceptors (Lipinski definition) is 3. The lowest BCUT2D eigenvalue weighted by molar-refractivity contribution is 0.847. The summed E-state index contributed by atoms with van der Waals surface area (Å²) in [5.74, 6) is 0.683. The van der Waals surface area contributed by atoms with E-state index < -0.39 is 0 Å². The minimum absolute atomic E-state index is 0.425. The summed E-state index contributed by atoms with van der Waals surface area (Å²) in [6.07, 6.45) is 1.76. The van der Waals surface area contributed by atoms with Crippen molar-refractivity contribution in [1.29, 1.82) is 0 Å². The van der Waals surface area contributed by atoms with E-state index in [-0.39, 0.29) is 0 Å². The highest BCUT2D eigenvalue weighted by Crippen LogP contribution is 2.22. The van der Waals surface area contributed by atoms with Crippen LogP contribution in [0.15, 0.2) is 30.5 Å². The third kappa shape index (κ3) is 2.20. The molecule has 0 aliphatic heterocycles. The third-order valence-corrected chi connectivity index (χ3v) is 3.28. The fourth-order valence-electron chi connectivity index (χ4n) is 1.88. The van der Waals surface area contributed by atoms with Crippen LogP contribution in [0.4, 0.5) is 0 Å². The highest BCUT2D eigenvalue weighted by Gasteiger charge is 2.12. The fourth-order valence-corrected chi connectivity index (χ4v) is 2.15. The van der Waals surface area contributed by atoms with E-state index in [4.69, 9.17) is 23.8 Å². The van der Waals surface area contributed by atoms with Gasteiger partial charge in [0.05, 0.1) is 23.1 Å². The quantitative estimate of drug-likeness (QED) is 0.712. The van der Waals surface area contributed by atoms with Gasteiger partial charge in [0.2, 0.25) is 4.77 Å². The Hall–Kier alpha value is -1.92. The van der Waals surface area contributed by atoms with Crippen LogP contribution in [-0.2, 0) is 0 Å². The SMILES string of the molecule is Cc1c(-c2nc(=S)[nH][nH]2)cnn1-c1ccc(Cl)cc1. The molecule has 0 saturated carbocycles. The average molecular weight is 292 g/mol. The van der Waals surface area contributed by atoms with E-state index in [1.54, 1.807) is 6.20 Å². The molecule has 2 heterocycles. The summed E-state index contributed by atoms with van der Waals surface area (Å²) >= 11 is 10.8. The summed E-state index contributed by atoms with van der Waals surface area (Å²) in [6, 6.07) is 7.50. The molecule has 2 N–H and O–H groups in total. The van der Waals surface area contributed by atoms with Crippen molar-refractivity contribution in [3.63, 3.8) is 0 Å². The molecule has 0 amide bonds. The van der Waals surface area contributed by atoms with Crippen molar-refractivity contribution in [2.45, 2.75) is 6.92 Å². The monoisotopic (exact) mass is 291 g/mol. The number of aromatic amines is 2. The maximum atomic E-state index is 5.88. The van der Waals surface area contributed by atoms with Gasteiger partial charge >= 0.3 is 0 Å². The first-order valence-corrected chi connectivity index (χ1v) is 6.39. The number of benzene rings is 1. The highest BCUT2D eigenvalue weighted by atomic mass is 35.5. The lowest BCUT2D eigenvalue weighted by Crippen LogP contribution is -1.98. The van der Waals surface area contributed by atoms with Crippen molar-refractivity contribution in [2.75, 3.05) is 0 Å². The average Bonchev–Trinajstić information content (AvgIpc) is 2.97. The molecule has 0 unspecified atom stereocenters. The van der Waals surface area contributed by atoms with Crippen molar-refractivity contribution in [3.8, 4) is 17.1 Å². The van der Waals surface area contributed by atoms with Crippen LogP contribution >= 0.6 is 23.8 Å². The Kier molecular flexibility index (Phi) is 2.96. The van der Waals surface area contributed by atoms with Gasteiger partial charge < -0.3 is 0 Å². The normalized spacial score (nSPS) is 10.8. The zero-order chi connectivity index (χ0) is 13.4. The van der Waals surface area contributed by atoms with Crippen LogP contribution in [0.5, 0.6) is 0 Å². The summed E-state index contributed by atoms with van der Waals surface area (Å²) in [5.41, 5.74) is 2.82. The Morgan fingerprint density at radius 2 is 1.95 bits per heavy atom. The van der Waals surface area contributed by atoms with Crippen molar-refractivity contribution in [3.05, 3.63) is 45.9 Å². The Bertz CT molecular complexity index is 768. The van der Waals surface area contributed by atoms with Crippen LogP contribution in [0.2, 0.25) is 5.02 Å². The smallest absolute Gasteiger partial charge is 0.213 e. The summed E-state index contributed by atoms with van der Waals surface area (Å²) < 4.78 is 2.26. The Morgan fingerprint density at radius 3 is 2.58 bits per heavy atom. The summed E-state index contributed by atoms with van der Waals surface area (Å²) in [5, 5.41) is 10.8. The van der Waals surface area contributed by atoms with Crippen LogP contribution in [0.25, 0.3) is 17.1 Å². The maximum Gasteiger partial charge on any atom is 0.213 e. The second-order valence-electron chi connectivity index (χ2n) is 4.05. The van der Waals surface area contributed by atoms with E-state index in [9.17, 15) is 0 Å². The van der Waals surface area contributed by atoms with Crippen LogP contribution in [-0.4, -0.2) is 25.0 Å². The molecule has 19 heavy (non-hydrogen) atoms. The molecule has 0 spiro atoms. The standard InChI is InChI=1S/C12H10ClN5S/c1-7-10(11-15-12(19)17-16-11)6-14-18(7)9-4-2-8(13)3-5-9/h2-6H,1H3,(H2,15,16,17,19). The second kappa shape index (κ2) is 4.64. The molecule has 0 aliphatic rings. The van der Waals surface area contributed by atoms with E-state index >= 15 is 0 Å². The van der Waals surface area contributed by atoms with Crippen LogP contribution in [0.3, 0.4) is 0 Å². The first-order chi connectivity index (χ1) is 9.15. The van der Waals surface area contributed by atoms with Gasteiger partial charge in [0.25, 0.3) is 0 Å². The fraction of sp³-hybridized carbons (Fsp3) is 0.0833. The number of halogens is 1. The Morgan fingerprint density at radius 1 is 1.21 bits per heavy atom. The third-order valence-electron chi connectivity index (χ3n) is 2.84. The molecule has 1 aromatic carbocycles. The molecule has 0 bridgehead atoms. The molecule has 2 aromatic heterocycles. The number of rotatable bonds is 2.